The first kappa shape index (κ1) is 21.2. The predicted molar refractivity (Wildman–Crippen MR) is 118 cm³/mol. The van der Waals surface area contributed by atoms with Crippen molar-refractivity contribution in [3.8, 4) is 5.75 Å². The number of Topliss-reactive ketones (excluding diaryl/α,β-unsaturated/α-hetero) is 1. The Hall–Kier alpha value is -4.05. The van der Waals surface area contributed by atoms with Gasteiger partial charge >= 0.3 is 5.91 Å². The van der Waals surface area contributed by atoms with Crippen LogP contribution in [-0.2, 0) is 9.59 Å². The molecule has 10 heteroatoms. The molecule has 4 rings (SSSR count). The number of aromatic nitrogens is 1. The third-order valence-corrected chi connectivity index (χ3v) is 5.91. The number of non-ortho nitro benzene ring substituents is 1. The lowest BCUT2D eigenvalue weighted by molar-refractivity contribution is -0.384. The quantitative estimate of drug-likeness (QED) is 0.204. The van der Waals surface area contributed by atoms with Crippen LogP contribution in [0.2, 0.25) is 0 Å². The molecule has 0 spiro atoms. The van der Waals surface area contributed by atoms with Gasteiger partial charge < -0.3 is 9.84 Å². The van der Waals surface area contributed by atoms with Gasteiger partial charge in [0, 0.05) is 29.3 Å². The van der Waals surface area contributed by atoms with Crippen LogP contribution in [0.1, 0.15) is 22.7 Å². The first-order valence-corrected chi connectivity index (χ1v) is 10.3. The maximum atomic E-state index is 13.0. The molecule has 1 N–H and O–H groups in total. The zero-order valence-electron chi connectivity index (χ0n) is 17.0. The molecule has 1 saturated heterocycles. The van der Waals surface area contributed by atoms with E-state index in [0.29, 0.717) is 16.9 Å². The minimum atomic E-state index is -1.08. The van der Waals surface area contributed by atoms with E-state index in [-0.39, 0.29) is 22.2 Å². The number of nitro benzene ring substituents is 1. The van der Waals surface area contributed by atoms with Gasteiger partial charge in [-0.25, -0.2) is 4.98 Å². The van der Waals surface area contributed by atoms with Crippen molar-refractivity contribution in [3.63, 3.8) is 0 Å². The molecule has 1 amide bonds. The van der Waals surface area contributed by atoms with E-state index in [4.69, 9.17) is 4.74 Å². The summed E-state index contributed by atoms with van der Waals surface area (Å²) in [6.45, 7) is 1.78. The molecule has 3 aromatic rings. The lowest BCUT2D eigenvalue weighted by Crippen LogP contribution is -2.29. The van der Waals surface area contributed by atoms with Gasteiger partial charge in [0.1, 0.15) is 11.5 Å². The molecule has 9 nitrogen and oxygen atoms in total. The fourth-order valence-electron chi connectivity index (χ4n) is 3.67. The Labute approximate surface area is 186 Å². The molecule has 0 radical (unpaired) electrons. The molecule has 1 unspecified atom stereocenters. The highest BCUT2D eigenvalue weighted by Crippen LogP contribution is 2.43. The second kappa shape index (κ2) is 8.23. The first-order chi connectivity index (χ1) is 15.3. The largest absolute Gasteiger partial charge is 0.507 e. The number of anilines is 1. The van der Waals surface area contributed by atoms with Gasteiger partial charge in [-0.05, 0) is 36.2 Å². The monoisotopic (exact) mass is 451 g/mol. The number of ketones is 1. The molecule has 32 heavy (non-hydrogen) atoms. The molecule has 1 atom stereocenters. The SMILES string of the molecule is COc1ccc(C(O)=C2C(=O)C(=O)N(c3nccs3)C2c2cccc([N+](=O)[O-])c2)cc1C. The Bertz CT molecular complexity index is 1270. The van der Waals surface area contributed by atoms with Crippen LogP contribution in [0.15, 0.2) is 59.6 Å². The van der Waals surface area contributed by atoms with Crippen molar-refractivity contribution in [1.82, 2.24) is 4.98 Å². The van der Waals surface area contributed by atoms with Gasteiger partial charge in [-0.15, -0.1) is 11.3 Å². The number of nitro groups is 1. The lowest BCUT2D eigenvalue weighted by atomic mass is 9.94. The Balaban J connectivity index is 1.95. The maximum Gasteiger partial charge on any atom is 0.301 e. The molecular formula is C22H17N3O6S. The van der Waals surface area contributed by atoms with Crippen molar-refractivity contribution in [2.75, 3.05) is 12.0 Å². The minimum Gasteiger partial charge on any atom is -0.507 e. The van der Waals surface area contributed by atoms with Crippen LogP contribution in [0.3, 0.4) is 0 Å². The van der Waals surface area contributed by atoms with Crippen molar-refractivity contribution in [1.29, 1.82) is 0 Å². The summed E-state index contributed by atoms with van der Waals surface area (Å²) in [7, 11) is 1.52. The van der Waals surface area contributed by atoms with Crippen LogP contribution in [-0.4, -0.2) is 33.8 Å². The van der Waals surface area contributed by atoms with Gasteiger partial charge in [0.05, 0.1) is 23.6 Å². The van der Waals surface area contributed by atoms with E-state index >= 15 is 0 Å². The van der Waals surface area contributed by atoms with Crippen molar-refractivity contribution in [2.45, 2.75) is 13.0 Å². The first-order valence-electron chi connectivity index (χ1n) is 9.43. The number of ether oxygens (including phenoxy) is 1. The van der Waals surface area contributed by atoms with Crippen molar-refractivity contribution >= 4 is 39.6 Å². The third-order valence-electron chi connectivity index (χ3n) is 5.13. The molecule has 0 aliphatic carbocycles. The summed E-state index contributed by atoms with van der Waals surface area (Å²) in [5.74, 6) is -1.56. The van der Waals surface area contributed by atoms with Crippen LogP contribution in [0, 0.1) is 17.0 Å². The molecule has 1 aromatic heterocycles. The van der Waals surface area contributed by atoms with Gasteiger partial charge in [-0.2, -0.15) is 0 Å². The topological polar surface area (TPSA) is 123 Å². The Morgan fingerprint density at radius 1 is 1.25 bits per heavy atom. The number of thiazole rings is 1. The fraction of sp³-hybridized carbons (Fsp3) is 0.136. The summed E-state index contributed by atoms with van der Waals surface area (Å²) < 4.78 is 5.24. The van der Waals surface area contributed by atoms with Crippen LogP contribution in [0.5, 0.6) is 5.75 Å². The fourth-order valence-corrected chi connectivity index (χ4v) is 4.34. The third kappa shape index (κ3) is 3.50. The summed E-state index contributed by atoms with van der Waals surface area (Å²) in [4.78, 5) is 42.1. The van der Waals surface area contributed by atoms with Gasteiger partial charge in [0.15, 0.2) is 5.13 Å². The molecule has 2 heterocycles. The smallest absolute Gasteiger partial charge is 0.301 e. The number of methoxy groups -OCH3 is 1. The lowest BCUT2D eigenvalue weighted by Gasteiger charge is -2.22. The molecular weight excluding hydrogens is 434 g/mol. The standard InChI is InChI=1S/C22H17N3O6S/c1-12-10-14(6-7-16(12)31-2)19(26)17-18(13-4-3-5-15(11-13)25(29)30)24(21(28)20(17)27)22-23-8-9-32-22/h3-11,18,26H,1-2H3. The number of carbonyl (C=O) groups excluding carboxylic acids is 2. The van der Waals surface area contributed by atoms with Crippen molar-refractivity contribution in [2.24, 2.45) is 0 Å². The molecule has 1 aliphatic heterocycles. The van der Waals surface area contributed by atoms with E-state index in [1.54, 1.807) is 36.6 Å². The molecule has 0 saturated carbocycles. The number of aryl methyl sites for hydroxylation is 1. The summed E-state index contributed by atoms with van der Waals surface area (Å²) in [5.41, 5.74) is 0.969. The zero-order valence-corrected chi connectivity index (χ0v) is 17.8. The average molecular weight is 451 g/mol. The summed E-state index contributed by atoms with van der Waals surface area (Å²) in [5, 5.41) is 24.3. The highest BCUT2D eigenvalue weighted by Gasteiger charge is 2.48. The summed E-state index contributed by atoms with van der Waals surface area (Å²) in [6, 6.07) is 9.39. The van der Waals surface area contributed by atoms with Gasteiger partial charge in [-0.3, -0.25) is 24.6 Å². The average Bonchev–Trinajstić information content (AvgIpc) is 3.40. The highest BCUT2D eigenvalue weighted by molar-refractivity contribution is 7.14. The molecule has 2 aromatic carbocycles. The number of aliphatic hydroxyl groups excluding tert-OH is 1. The number of hydrogen-bond acceptors (Lipinski definition) is 8. The van der Waals surface area contributed by atoms with E-state index in [2.05, 4.69) is 4.98 Å². The number of hydrogen-bond donors (Lipinski definition) is 1. The second-order valence-electron chi connectivity index (χ2n) is 7.02. The number of rotatable bonds is 5. The van der Waals surface area contributed by atoms with Crippen molar-refractivity contribution < 1.29 is 24.4 Å². The van der Waals surface area contributed by atoms with Gasteiger partial charge in [-0.1, -0.05) is 12.1 Å². The molecule has 1 fully saturated rings. The molecule has 162 valence electrons. The highest BCUT2D eigenvalue weighted by atomic mass is 32.1. The number of benzene rings is 2. The summed E-state index contributed by atoms with van der Waals surface area (Å²) in [6.07, 6.45) is 1.48. The summed E-state index contributed by atoms with van der Waals surface area (Å²) >= 11 is 1.14. The number of carbonyl (C=O) groups is 2. The van der Waals surface area contributed by atoms with E-state index < -0.39 is 22.7 Å². The Morgan fingerprint density at radius 3 is 2.66 bits per heavy atom. The van der Waals surface area contributed by atoms with Gasteiger partial charge in [0.25, 0.3) is 11.5 Å². The second-order valence-corrected chi connectivity index (χ2v) is 7.89. The van der Waals surface area contributed by atoms with Gasteiger partial charge in [0.2, 0.25) is 0 Å². The van der Waals surface area contributed by atoms with E-state index in [1.165, 1.54) is 31.5 Å². The number of amides is 1. The number of nitrogens with zero attached hydrogens (tertiary/aromatic N) is 3. The van der Waals surface area contributed by atoms with Crippen LogP contribution in [0.4, 0.5) is 10.8 Å². The predicted octanol–water partition coefficient (Wildman–Crippen LogP) is 3.99. The van der Waals surface area contributed by atoms with Crippen molar-refractivity contribution in [3.05, 3.63) is 86.4 Å². The van der Waals surface area contributed by atoms with E-state index in [9.17, 15) is 24.8 Å². The zero-order chi connectivity index (χ0) is 23.0. The van der Waals surface area contributed by atoms with Crippen LogP contribution < -0.4 is 9.64 Å². The Kier molecular flexibility index (Phi) is 5.45. The Morgan fingerprint density at radius 2 is 2.03 bits per heavy atom. The normalized spacial score (nSPS) is 17.6. The van der Waals surface area contributed by atoms with E-state index in [0.717, 1.165) is 21.8 Å². The van der Waals surface area contributed by atoms with Crippen LogP contribution >= 0.6 is 11.3 Å². The van der Waals surface area contributed by atoms with Crippen LogP contribution in [0.25, 0.3) is 5.76 Å². The maximum absolute atomic E-state index is 13.0. The van der Waals surface area contributed by atoms with E-state index in [1.807, 2.05) is 0 Å². The number of aliphatic hydroxyl groups is 1. The molecule has 0 bridgehead atoms. The molecule has 1 aliphatic rings. The minimum absolute atomic E-state index is 0.171.